The van der Waals surface area contributed by atoms with Gasteiger partial charge < -0.3 is 19.6 Å². The Hall–Kier alpha value is -1.79. The van der Waals surface area contributed by atoms with Gasteiger partial charge >= 0.3 is 12.1 Å². The minimum absolute atomic E-state index is 0.0987. The Balaban J connectivity index is 1.86. The average molecular weight is 312 g/mol. The van der Waals surface area contributed by atoms with Gasteiger partial charge in [0, 0.05) is 26.2 Å². The summed E-state index contributed by atoms with van der Waals surface area (Å²) in [4.78, 5) is 38.5. The molecule has 7 nitrogen and oxygen atoms in total. The minimum atomic E-state index is -0.899. The Morgan fingerprint density at radius 2 is 1.59 bits per heavy atom. The second-order valence-electron chi connectivity index (χ2n) is 6.93. The number of nitrogens with zero attached hydrogens (tertiary/aromatic N) is 2. The van der Waals surface area contributed by atoms with E-state index in [9.17, 15) is 14.4 Å². The highest BCUT2D eigenvalue weighted by Crippen LogP contribution is 2.40. The number of carboxylic acids is 1. The van der Waals surface area contributed by atoms with Gasteiger partial charge in [-0.05, 0) is 33.6 Å². The van der Waals surface area contributed by atoms with Crippen LogP contribution in [0.15, 0.2) is 0 Å². The van der Waals surface area contributed by atoms with Gasteiger partial charge in [-0.25, -0.2) is 4.79 Å². The molecule has 0 bridgehead atoms. The van der Waals surface area contributed by atoms with Crippen LogP contribution in [0, 0.1) is 11.8 Å². The standard InChI is InChI=1S/C15H24N2O5/c1-15(2,3)22-14(21)17-6-4-5-16(7-8-17)12(18)10-9-11(10)13(19)20/h10-11H,4-9H2,1-3H3,(H,19,20)/t10-,11+/m1/s1. The van der Waals surface area contributed by atoms with E-state index in [1.807, 2.05) is 20.8 Å². The fourth-order valence-electron chi connectivity index (χ4n) is 2.62. The van der Waals surface area contributed by atoms with Crippen molar-refractivity contribution in [3.8, 4) is 0 Å². The number of amides is 2. The number of carboxylic acid groups (broad SMARTS) is 1. The number of aliphatic carboxylic acids is 1. The van der Waals surface area contributed by atoms with E-state index in [2.05, 4.69) is 0 Å². The maximum atomic E-state index is 12.3. The van der Waals surface area contributed by atoms with Crippen molar-refractivity contribution >= 4 is 18.0 Å². The fourth-order valence-corrected chi connectivity index (χ4v) is 2.62. The highest BCUT2D eigenvalue weighted by Gasteiger charge is 2.49. The van der Waals surface area contributed by atoms with Crippen LogP contribution in [0.3, 0.4) is 0 Å². The van der Waals surface area contributed by atoms with Crippen molar-refractivity contribution in [1.82, 2.24) is 9.80 Å². The van der Waals surface area contributed by atoms with Crippen molar-refractivity contribution in [3.05, 3.63) is 0 Å². The molecule has 1 heterocycles. The third-order valence-corrected chi connectivity index (χ3v) is 3.88. The number of hydrogen-bond acceptors (Lipinski definition) is 4. The molecule has 0 radical (unpaired) electrons. The third-order valence-electron chi connectivity index (χ3n) is 3.88. The molecule has 1 aliphatic carbocycles. The summed E-state index contributed by atoms with van der Waals surface area (Å²) >= 11 is 0. The van der Waals surface area contributed by atoms with Crippen LogP contribution >= 0.6 is 0 Å². The molecule has 2 aliphatic rings. The molecule has 1 saturated heterocycles. The van der Waals surface area contributed by atoms with Crippen LogP contribution in [-0.2, 0) is 14.3 Å². The van der Waals surface area contributed by atoms with Crippen molar-refractivity contribution in [3.63, 3.8) is 0 Å². The lowest BCUT2D eigenvalue weighted by atomic mass is 10.2. The van der Waals surface area contributed by atoms with E-state index < -0.39 is 17.5 Å². The van der Waals surface area contributed by atoms with Crippen molar-refractivity contribution in [2.75, 3.05) is 26.2 Å². The number of rotatable bonds is 2. The summed E-state index contributed by atoms with van der Waals surface area (Å²) in [6.45, 7) is 7.41. The van der Waals surface area contributed by atoms with Gasteiger partial charge in [0.25, 0.3) is 0 Å². The molecule has 1 aliphatic heterocycles. The normalized spacial score (nSPS) is 25.4. The van der Waals surface area contributed by atoms with E-state index in [4.69, 9.17) is 9.84 Å². The molecule has 0 aromatic rings. The van der Waals surface area contributed by atoms with E-state index in [1.165, 1.54) is 0 Å². The molecule has 7 heteroatoms. The van der Waals surface area contributed by atoms with Crippen molar-refractivity contribution in [2.45, 2.75) is 39.2 Å². The Labute approximate surface area is 130 Å². The maximum absolute atomic E-state index is 12.3. The van der Waals surface area contributed by atoms with Gasteiger partial charge in [0.15, 0.2) is 0 Å². The van der Waals surface area contributed by atoms with Crippen LogP contribution in [0.5, 0.6) is 0 Å². The highest BCUT2D eigenvalue weighted by molar-refractivity contribution is 5.89. The van der Waals surface area contributed by atoms with Gasteiger partial charge in [0.05, 0.1) is 11.8 Å². The van der Waals surface area contributed by atoms with Gasteiger partial charge in [-0.1, -0.05) is 0 Å². The predicted molar refractivity (Wildman–Crippen MR) is 78.2 cm³/mol. The summed E-state index contributed by atoms with van der Waals surface area (Å²) in [5.74, 6) is -1.91. The molecule has 2 amide bonds. The molecule has 1 N–H and O–H groups in total. The topological polar surface area (TPSA) is 87.2 Å². The second kappa shape index (κ2) is 6.14. The molecule has 0 spiro atoms. The second-order valence-corrected chi connectivity index (χ2v) is 6.93. The molecule has 2 rings (SSSR count). The molecule has 124 valence electrons. The molecule has 2 fully saturated rings. The largest absolute Gasteiger partial charge is 0.481 e. The first-order valence-corrected chi connectivity index (χ1v) is 7.68. The summed E-state index contributed by atoms with van der Waals surface area (Å²) in [5.41, 5.74) is -0.540. The van der Waals surface area contributed by atoms with E-state index in [1.54, 1.807) is 9.80 Å². The first-order chi connectivity index (χ1) is 10.2. The van der Waals surface area contributed by atoms with Crippen LogP contribution < -0.4 is 0 Å². The molecule has 0 aromatic carbocycles. The Bertz CT molecular complexity index is 471. The van der Waals surface area contributed by atoms with Gasteiger partial charge in [-0.3, -0.25) is 9.59 Å². The van der Waals surface area contributed by atoms with E-state index in [0.717, 1.165) is 0 Å². The van der Waals surface area contributed by atoms with Crippen molar-refractivity contribution in [1.29, 1.82) is 0 Å². The number of carbonyl (C=O) groups excluding carboxylic acids is 2. The average Bonchev–Trinajstić information content (AvgIpc) is 3.19. The van der Waals surface area contributed by atoms with Crippen LogP contribution in [0.4, 0.5) is 4.79 Å². The third kappa shape index (κ3) is 4.11. The monoisotopic (exact) mass is 312 g/mol. The van der Waals surface area contributed by atoms with E-state index in [-0.39, 0.29) is 17.9 Å². The number of ether oxygens (including phenoxy) is 1. The van der Waals surface area contributed by atoms with Crippen LogP contribution in [-0.4, -0.2) is 64.7 Å². The first kappa shape index (κ1) is 16.6. The molecule has 0 unspecified atom stereocenters. The van der Waals surface area contributed by atoms with Crippen molar-refractivity contribution < 1.29 is 24.2 Å². The molecule has 1 saturated carbocycles. The zero-order valence-corrected chi connectivity index (χ0v) is 13.4. The Morgan fingerprint density at radius 1 is 1.00 bits per heavy atom. The summed E-state index contributed by atoms with van der Waals surface area (Å²) in [7, 11) is 0. The Kier molecular flexibility index (Phi) is 4.63. The summed E-state index contributed by atoms with van der Waals surface area (Å²) in [6, 6.07) is 0. The summed E-state index contributed by atoms with van der Waals surface area (Å²) < 4.78 is 5.34. The minimum Gasteiger partial charge on any atom is -0.481 e. The van der Waals surface area contributed by atoms with Gasteiger partial charge in [-0.15, -0.1) is 0 Å². The number of carbonyl (C=O) groups is 3. The fraction of sp³-hybridized carbons (Fsp3) is 0.800. The van der Waals surface area contributed by atoms with Crippen molar-refractivity contribution in [2.24, 2.45) is 11.8 Å². The summed E-state index contributed by atoms with van der Waals surface area (Å²) in [5, 5.41) is 8.91. The first-order valence-electron chi connectivity index (χ1n) is 7.68. The van der Waals surface area contributed by atoms with Gasteiger partial charge in [0.2, 0.25) is 5.91 Å². The quantitative estimate of drug-likeness (QED) is 0.827. The molecular formula is C15H24N2O5. The maximum Gasteiger partial charge on any atom is 0.410 e. The molecule has 0 aromatic heterocycles. The van der Waals surface area contributed by atoms with Gasteiger partial charge in [0.1, 0.15) is 5.60 Å². The van der Waals surface area contributed by atoms with Crippen LogP contribution in [0.25, 0.3) is 0 Å². The molecule has 2 atom stereocenters. The zero-order chi connectivity index (χ0) is 16.5. The number of hydrogen-bond donors (Lipinski definition) is 1. The SMILES string of the molecule is CC(C)(C)OC(=O)N1CCCN(C(=O)[C@@H]2C[C@@H]2C(=O)O)CC1. The lowest BCUT2D eigenvalue weighted by Crippen LogP contribution is -2.40. The van der Waals surface area contributed by atoms with E-state index >= 15 is 0 Å². The zero-order valence-electron chi connectivity index (χ0n) is 13.4. The summed E-state index contributed by atoms with van der Waals surface area (Å²) in [6.07, 6.45) is 0.743. The lowest BCUT2D eigenvalue weighted by Gasteiger charge is -2.26. The lowest BCUT2D eigenvalue weighted by molar-refractivity contribution is -0.141. The van der Waals surface area contributed by atoms with Crippen LogP contribution in [0.1, 0.15) is 33.6 Å². The van der Waals surface area contributed by atoms with E-state index in [0.29, 0.717) is 39.0 Å². The molecular weight excluding hydrogens is 288 g/mol. The smallest absolute Gasteiger partial charge is 0.410 e. The molecule has 22 heavy (non-hydrogen) atoms. The van der Waals surface area contributed by atoms with Gasteiger partial charge in [-0.2, -0.15) is 0 Å². The Morgan fingerprint density at radius 3 is 2.14 bits per heavy atom. The van der Waals surface area contributed by atoms with Crippen LogP contribution in [0.2, 0.25) is 0 Å². The predicted octanol–water partition coefficient (Wildman–Crippen LogP) is 1.18. The highest BCUT2D eigenvalue weighted by atomic mass is 16.6.